The largest absolute Gasteiger partial charge is 0.383 e. The van der Waals surface area contributed by atoms with Crippen LogP contribution in [-0.2, 0) is 4.74 Å². The van der Waals surface area contributed by atoms with Gasteiger partial charge in [-0.3, -0.25) is 0 Å². The van der Waals surface area contributed by atoms with Gasteiger partial charge in [0.15, 0.2) is 5.67 Å². The van der Waals surface area contributed by atoms with Gasteiger partial charge in [-0.25, -0.2) is 9.18 Å². The Labute approximate surface area is 82.4 Å². The van der Waals surface area contributed by atoms with E-state index in [4.69, 9.17) is 10.5 Å². The van der Waals surface area contributed by atoms with Gasteiger partial charge < -0.3 is 20.7 Å². The van der Waals surface area contributed by atoms with Crippen LogP contribution in [-0.4, -0.2) is 56.5 Å². The number of methoxy groups -OCH3 is 1. The molecule has 82 valence electrons. The van der Waals surface area contributed by atoms with Crippen LogP contribution in [0.1, 0.15) is 0 Å². The maximum atomic E-state index is 13.3. The summed E-state index contributed by atoms with van der Waals surface area (Å²) in [4.78, 5) is 12.6. The molecule has 1 aliphatic heterocycles. The molecular weight excluding hydrogens is 189 g/mol. The Balaban J connectivity index is 2.16. The van der Waals surface area contributed by atoms with E-state index in [0.29, 0.717) is 13.2 Å². The fourth-order valence-corrected chi connectivity index (χ4v) is 1.28. The highest BCUT2D eigenvalue weighted by Gasteiger charge is 2.44. The highest BCUT2D eigenvalue weighted by molar-refractivity contribution is 5.75. The lowest BCUT2D eigenvalue weighted by molar-refractivity contribution is 0.00196. The van der Waals surface area contributed by atoms with Gasteiger partial charge in [0, 0.05) is 20.2 Å². The number of urea groups is 1. The molecule has 2 amide bonds. The summed E-state index contributed by atoms with van der Waals surface area (Å²) in [6.45, 7) is 1.03. The van der Waals surface area contributed by atoms with Gasteiger partial charge in [-0.05, 0) is 0 Å². The molecule has 14 heavy (non-hydrogen) atoms. The van der Waals surface area contributed by atoms with Crippen molar-refractivity contribution >= 4 is 6.03 Å². The van der Waals surface area contributed by atoms with Crippen LogP contribution >= 0.6 is 0 Å². The third kappa shape index (κ3) is 2.55. The Hall–Kier alpha value is -0.880. The molecule has 1 saturated heterocycles. The standard InChI is InChI=1S/C8H16FN3O2/c1-14-3-2-11-7(13)12-5-8(9,4-10)6-12/h2-6,10H2,1H3,(H,11,13). The second kappa shape index (κ2) is 4.56. The number of halogens is 1. The summed E-state index contributed by atoms with van der Waals surface area (Å²) in [6, 6.07) is -0.260. The molecule has 0 saturated carbocycles. The maximum Gasteiger partial charge on any atom is 0.317 e. The minimum Gasteiger partial charge on any atom is -0.383 e. The molecule has 0 atom stereocenters. The van der Waals surface area contributed by atoms with Gasteiger partial charge in [-0.15, -0.1) is 0 Å². The SMILES string of the molecule is COCCNC(=O)N1CC(F)(CN)C1. The molecule has 0 spiro atoms. The van der Waals surface area contributed by atoms with E-state index < -0.39 is 5.67 Å². The molecule has 1 heterocycles. The number of hydrogen-bond donors (Lipinski definition) is 2. The molecule has 0 aromatic rings. The van der Waals surface area contributed by atoms with Crippen LogP contribution in [0.3, 0.4) is 0 Å². The van der Waals surface area contributed by atoms with Crippen molar-refractivity contribution < 1.29 is 13.9 Å². The number of carbonyl (C=O) groups is 1. The van der Waals surface area contributed by atoms with E-state index in [2.05, 4.69) is 5.32 Å². The van der Waals surface area contributed by atoms with E-state index in [9.17, 15) is 9.18 Å². The third-order valence-electron chi connectivity index (χ3n) is 2.18. The van der Waals surface area contributed by atoms with Gasteiger partial charge in [0.2, 0.25) is 0 Å². The lowest BCUT2D eigenvalue weighted by Crippen LogP contribution is -2.66. The fraction of sp³-hybridized carbons (Fsp3) is 0.875. The molecule has 1 rings (SSSR count). The Morgan fingerprint density at radius 3 is 2.86 bits per heavy atom. The van der Waals surface area contributed by atoms with E-state index >= 15 is 0 Å². The van der Waals surface area contributed by atoms with Gasteiger partial charge in [-0.2, -0.15) is 0 Å². The van der Waals surface area contributed by atoms with Crippen molar-refractivity contribution in [2.75, 3.05) is 39.9 Å². The number of carbonyl (C=O) groups excluding carboxylic acids is 1. The lowest BCUT2D eigenvalue weighted by atomic mass is 9.97. The predicted molar refractivity (Wildman–Crippen MR) is 49.7 cm³/mol. The second-order valence-corrected chi connectivity index (χ2v) is 3.44. The first-order valence-corrected chi connectivity index (χ1v) is 4.52. The predicted octanol–water partition coefficient (Wildman–Crippen LogP) is -0.675. The Bertz CT molecular complexity index is 207. The van der Waals surface area contributed by atoms with Gasteiger partial charge in [0.1, 0.15) is 0 Å². The zero-order valence-corrected chi connectivity index (χ0v) is 8.25. The van der Waals surface area contributed by atoms with Gasteiger partial charge >= 0.3 is 6.03 Å². The van der Waals surface area contributed by atoms with Crippen LogP contribution < -0.4 is 11.1 Å². The van der Waals surface area contributed by atoms with Crippen molar-refractivity contribution in [1.29, 1.82) is 0 Å². The molecule has 0 aromatic carbocycles. The molecular formula is C8H16FN3O2. The Kier molecular flexibility index (Phi) is 3.65. The first kappa shape index (κ1) is 11.2. The topological polar surface area (TPSA) is 67.6 Å². The summed E-state index contributed by atoms with van der Waals surface area (Å²) in [5, 5.41) is 2.60. The highest BCUT2D eigenvalue weighted by atomic mass is 19.1. The number of nitrogens with two attached hydrogens (primary N) is 1. The summed E-state index contributed by atoms with van der Waals surface area (Å²) in [7, 11) is 1.55. The first-order chi connectivity index (χ1) is 6.61. The van der Waals surface area contributed by atoms with Crippen LogP contribution in [0.4, 0.5) is 9.18 Å². The van der Waals surface area contributed by atoms with Gasteiger partial charge in [0.25, 0.3) is 0 Å². The zero-order chi connectivity index (χ0) is 10.6. The molecule has 0 aromatic heterocycles. The summed E-state index contributed by atoms with van der Waals surface area (Å²) in [6.07, 6.45) is 0. The number of amides is 2. The molecule has 1 fully saturated rings. The number of alkyl halides is 1. The number of hydrogen-bond acceptors (Lipinski definition) is 3. The molecule has 0 bridgehead atoms. The smallest absolute Gasteiger partial charge is 0.317 e. The second-order valence-electron chi connectivity index (χ2n) is 3.44. The molecule has 6 heteroatoms. The van der Waals surface area contributed by atoms with Crippen molar-refractivity contribution in [3.05, 3.63) is 0 Å². The van der Waals surface area contributed by atoms with Gasteiger partial charge in [-0.1, -0.05) is 0 Å². The summed E-state index contributed by atoms with van der Waals surface area (Å²) >= 11 is 0. The number of rotatable bonds is 4. The molecule has 3 N–H and O–H groups in total. The average molecular weight is 205 g/mol. The van der Waals surface area contributed by atoms with Crippen LogP contribution in [0, 0.1) is 0 Å². The maximum absolute atomic E-state index is 13.3. The Morgan fingerprint density at radius 1 is 1.71 bits per heavy atom. The van der Waals surface area contributed by atoms with Crippen molar-refractivity contribution in [3.8, 4) is 0 Å². The third-order valence-corrected chi connectivity index (χ3v) is 2.18. The molecule has 0 aliphatic carbocycles. The van der Waals surface area contributed by atoms with Crippen molar-refractivity contribution in [2.24, 2.45) is 5.73 Å². The van der Waals surface area contributed by atoms with E-state index in [1.807, 2.05) is 0 Å². The molecule has 5 nitrogen and oxygen atoms in total. The van der Waals surface area contributed by atoms with E-state index in [1.54, 1.807) is 7.11 Å². The zero-order valence-electron chi connectivity index (χ0n) is 8.25. The van der Waals surface area contributed by atoms with Crippen LogP contribution in [0.25, 0.3) is 0 Å². The number of ether oxygens (including phenoxy) is 1. The van der Waals surface area contributed by atoms with Crippen molar-refractivity contribution in [2.45, 2.75) is 5.67 Å². The van der Waals surface area contributed by atoms with Crippen LogP contribution in [0.15, 0.2) is 0 Å². The lowest BCUT2D eigenvalue weighted by Gasteiger charge is -2.43. The fourth-order valence-electron chi connectivity index (χ4n) is 1.28. The summed E-state index contributed by atoms with van der Waals surface area (Å²) in [5.74, 6) is 0. The minimum atomic E-state index is -1.38. The van der Waals surface area contributed by atoms with Crippen molar-refractivity contribution in [1.82, 2.24) is 10.2 Å². The first-order valence-electron chi connectivity index (χ1n) is 4.52. The quantitative estimate of drug-likeness (QED) is 0.598. The van der Waals surface area contributed by atoms with Crippen LogP contribution in [0.5, 0.6) is 0 Å². The van der Waals surface area contributed by atoms with E-state index in [1.165, 1.54) is 4.90 Å². The molecule has 0 radical (unpaired) electrons. The highest BCUT2D eigenvalue weighted by Crippen LogP contribution is 2.23. The van der Waals surface area contributed by atoms with Crippen LogP contribution in [0.2, 0.25) is 0 Å². The average Bonchev–Trinajstić information content (AvgIpc) is 2.13. The number of nitrogens with one attached hydrogen (secondary N) is 1. The molecule has 1 aliphatic rings. The monoisotopic (exact) mass is 205 g/mol. The van der Waals surface area contributed by atoms with Gasteiger partial charge in [0.05, 0.1) is 19.7 Å². The number of likely N-dealkylation sites (tertiary alicyclic amines) is 1. The summed E-state index contributed by atoms with van der Waals surface area (Å²) in [5.41, 5.74) is 3.82. The Morgan fingerprint density at radius 2 is 2.36 bits per heavy atom. The number of nitrogens with zero attached hydrogens (tertiary/aromatic N) is 1. The summed E-state index contributed by atoms with van der Waals surface area (Å²) < 4.78 is 18.0. The van der Waals surface area contributed by atoms with E-state index in [-0.39, 0.29) is 25.7 Å². The van der Waals surface area contributed by atoms with E-state index in [0.717, 1.165) is 0 Å². The minimum absolute atomic E-state index is 0.0329. The normalized spacial score (nSPS) is 18.9. The van der Waals surface area contributed by atoms with Crippen molar-refractivity contribution in [3.63, 3.8) is 0 Å². The molecule has 0 unspecified atom stereocenters.